The summed E-state index contributed by atoms with van der Waals surface area (Å²) in [5, 5.41) is 0. The van der Waals surface area contributed by atoms with Crippen molar-refractivity contribution in [1.29, 1.82) is 0 Å². The van der Waals surface area contributed by atoms with Crippen LogP contribution in [0.3, 0.4) is 0 Å². The van der Waals surface area contributed by atoms with Crippen molar-refractivity contribution in [2.75, 3.05) is 13.7 Å². The minimum absolute atomic E-state index is 0.277. The Hall–Kier alpha value is -0.500. The summed E-state index contributed by atoms with van der Waals surface area (Å²) < 4.78 is 5.64. The van der Waals surface area contributed by atoms with Gasteiger partial charge in [0.1, 0.15) is 0 Å². The Balaban J connectivity index is 2.97. The lowest BCUT2D eigenvalue weighted by Crippen LogP contribution is -2.38. The lowest BCUT2D eigenvalue weighted by atomic mass is 9.86. The Morgan fingerprint density at radius 3 is 2.42 bits per heavy atom. The van der Waals surface area contributed by atoms with E-state index in [0.717, 1.165) is 5.92 Å². The zero-order valence-corrected chi connectivity index (χ0v) is 13.9. The molecular formula is C17H33NO. The van der Waals surface area contributed by atoms with E-state index in [0.29, 0.717) is 17.9 Å². The van der Waals surface area contributed by atoms with Gasteiger partial charge in [-0.3, -0.25) is 0 Å². The predicted octanol–water partition coefficient (Wildman–Crippen LogP) is 4.32. The van der Waals surface area contributed by atoms with Crippen LogP contribution in [0.15, 0.2) is 11.8 Å². The maximum absolute atomic E-state index is 5.64. The van der Waals surface area contributed by atoms with Crippen molar-refractivity contribution in [1.82, 2.24) is 4.90 Å². The highest BCUT2D eigenvalue weighted by molar-refractivity contribution is 5.11. The quantitative estimate of drug-likeness (QED) is 0.710. The summed E-state index contributed by atoms with van der Waals surface area (Å²) in [6.07, 6.45) is 5.18. The van der Waals surface area contributed by atoms with Crippen molar-refractivity contribution in [3.05, 3.63) is 11.8 Å². The lowest BCUT2D eigenvalue weighted by Gasteiger charge is -2.38. The molecule has 19 heavy (non-hydrogen) atoms. The molecule has 2 nitrogen and oxygen atoms in total. The first-order valence-electron chi connectivity index (χ1n) is 7.91. The van der Waals surface area contributed by atoms with Crippen molar-refractivity contribution >= 4 is 0 Å². The summed E-state index contributed by atoms with van der Waals surface area (Å²) in [7, 11) is 1.83. The average molecular weight is 267 g/mol. The van der Waals surface area contributed by atoms with E-state index < -0.39 is 0 Å². The van der Waals surface area contributed by atoms with Crippen molar-refractivity contribution in [3.8, 4) is 0 Å². The molecule has 0 spiro atoms. The van der Waals surface area contributed by atoms with Crippen molar-refractivity contribution in [2.24, 2.45) is 17.8 Å². The number of allylic oxidation sites excluding steroid dienone is 1. The van der Waals surface area contributed by atoms with Crippen molar-refractivity contribution in [2.45, 2.75) is 66.5 Å². The Bertz CT molecular complexity index is 298. The lowest BCUT2D eigenvalue weighted by molar-refractivity contribution is 0.0477. The molecule has 0 amide bonds. The van der Waals surface area contributed by atoms with Gasteiger partial charge in [-0.05, 0) is 38.5 Å². The van der Waals surface area contributed by atoms with E-state index in [2.05, 4.69) is 52.5 Å². The van der Waals surface area contributed by atoms with Gasteiger partial charge in [0, 0.05) is 31.3 Å². The molecule has 0 aromatic heterocycles. The van der Waals surface area contributed by atoms with Gasteiger partial charge in [0.2, 0.25) is 0 Å². The number of ether oxygens (including phenoxy) is 1. The first-order valence-corrected chi connectivity index (χ1v) is 7.91. The molecule has 4 atom stereocenters. The third-order valence-electron chi connectivity index (χ3n) is 4.66. The van der Waals surface area contributed by atoms with Crippen molar-refractivity contribution in [3.63, 3.8) is 0 Å². The predicted molar refractivity (Wildman–Crippen MR) is 83.1 cm³/mol. The van der Waals surface area contributed by atoms with Gasteiger partial charge < -0.3 is 9.64 Å². The largest absolute Gasteiger partial charge is 0.381 e. The number of rotatable bonds is 6. The monoisotopic (exact) mass is 267 g/mol. The molecular weight excluding hydrogens is 234 g/mol. The molecule has 0 aromatic carbocycles. The average Bonchev–Trinajstić information content (AvgIpc) is 2.75. The van der Waals surface area contributed by atoms with Gasteiger partial charge in [-0.15, -0.1) is 0 Å². The van der Waals surface area contributed by atoms with E-state index in [4.69, 9.17) is 4.74 Å². The smallest absolute Gasteiger partial charge is 0.0628 e. The standard InChI is InChI=1S/C17H33NO/c1-8-15-10-13(5)11-18(15)16(9-2)17(12(3)4)14(6)19-7/h9,12-15,17H,8,10-11H2,1-7H3/b16-9-/t13?,14?,15-,17?/m1/s1. The molecule has 1 heterocycles. The van der Waals surface area contributed by atoms with Crippen LogP contribution >= 0.6 is 0 Å². The van der Waals surface area contributed by atoms with E-state index in [1.807, 2.05) is 7.11 Å². The molecule has 3 unspecified atom stereocenters. The summed E-state index contributed by atoms with van der Waals surface area (Å²) in [5.41, 5.74) is 1.50. The zero-order valence-electron chi connectivity index (χ0n) is 13.9. The molecule has 0 saturated carbocycles. The van der Waals surface area contributed by atoms with Gasteiger partial charge >= 0.3 is 0 Å². The Morgan fingerprint density at radius 2 is 2.00 bits per heavy atom. The summed E-state index contributed by atoms with van der Waals surface area (Å²) >= 11 is 0. The highest BCUT2D eigenvalue weighted by Crippen LogP contribution is 2.36. The molecule has 1 aliphatic heterocycles. The van der Waals surface area contributed by atoms with E-state index in [9.17, 15) is 0 Å². The fourth-order valence-electron chi connectivity index (χ4n) is 3.67. The maximum Gasteiger partial charge on any atom is 0.0628 e. The van der Waals surface area contributed by atoms with Gasteiger partial charge in [-0.2, -0.15) is 0 Å². The normalized spacial score (nSPS) is 28.0. The Morgan fingerprint density at radius 1 is 1.37 bits per heavy atom. The van der Waals surface area contributed by atoms with Crippen LogP contribution in [0.5, 0.6) is 0 Å². The molecule has 112 valence electrons. The first kappa shape index (κ1) is 16.6. The van der Waals surface area contributed by atoms with Crippen LogP contribution in [0.2, 0.25) is 0 Å². The summed E-state index contributed by atoms with van der Waals surface area (Å²) in [6.45, 7) is 14.9. The maximum atomic E-state index is 5.64. The molecule has 2 heteroatoms. The summed E-state index contributed by atoms with van der Waals surface area (Å²) in [4.78, 5) is 2.66. The second kappa shape index (κ2) is 7.33. The number of hydrogen-bond acceptors (Lipinski definition) is 2. The molecule has 1 fully saturated rings. The first-order chi connectivity index (χ1) is 8.96. The second-order valence-corrected chi connectivity index (χ2v) is 6.48. The molecule has 1 saturated heterocycles. The summed E-state index contributed by atoms with van der Waals surface area (Å²) in [5.74, 6) is 1.91. The molecule has 1 rings (SSSR count). The van der Waals surface area contributed by atoms with Crippen LogP contribution in [0.4, 0.5) is 0 Å². The molecule has 1 aliphatic rings. The van der Waals surface area contributed by atoms with E-state index in [1.54, 1.807) is 0 Å². The Labute approximate surface area is 120 Å². The van der Waals surface area contributed by atoms with Crippen LogP contribution < -0.4 is 0 Å². The van der Waals surface area contributed by atoms with Crippen molar-refractivity contribution < 1.29 is 4.74 Å². The van der Waals surface area contributed by atoms with Crippen LogP contribution in [0.1, 0.15) is 54.4 Å². The van der Waals surface area contributed by atoms with Gasteiger partial charge in [-0.1, -0.05) is 33.8 Å². The van der Waals surface area contributed by atoms with E-state index in [1.165, 1.54) is 25.1 Å². The van der Waals surface area contributed by atoms with Crippen LogP contribution in [-0.2, 0) is 4.74 Å². The number of hydrogen-bond donors (Lipinski definition) is 0. The highest BCUT2D eigenvalue weighted by Gasteiger charge is 2.35. The molecule has 0 N–H and O–H groups in total. The highest BCUT2D eigenvalue weighted by atomic mass is 16.5. The molecule has 0 aliphatic carbocycles. The molecule has 0 bridgehead atoms. The van der Waals surface area contributed by atoms with Gasteiger partial charge in [0.25, 0.3) is 0 Å². The zero-order chi connectivity index (χ0) is 14.6. The van der Waals surface area contributed by atoms with Crippen LogP contribution in [0.25, 0.3) is 0 Å². The number of likely N-dealkylation sites (tertiary alicyclic amines) is 1. The van der Waals surface area contributed by atoms with Crippen LogP contribution in [-0.4, -0.2) is 30.7 Å². The van der Waals surface area contributed by atoms with Gasteiger partial charge in [0.05, 0.1) is 6.10 Å². The summed E-state index contributed by atoms with van der Waals surface area (Å²) in [6, 6.07) is 0.714. The second-order valence-electron chi connectivity index (χ2n) is 6.48. The van der Waals surface area contributed by atoms with E-state index in [-0.39, 0.29) is 6.10 Å². The van der Waals surface area contributed by atoms with Gasteiger partial charge in [-0.25, -0.2) is 0 Å². The fourth-order valence-corrected chi connectivity index (χ4v) is 3.67. The van der Waals surface area contributed by atoms with E-state index >= 15 is 0 Å². The molecule has 0 radical (unpaired) electrons. The van der Waals surface area contributed by atoms with Crippen LogP contribution in [0, 0.1) is 17.8 Å². The number of nitrogens with zero attached hydrogens (tertiary/aromatic N) is 1. The third-order valence-corrected chi connectivity index (χ3v) is 4.66. The van der Waals surface area contributed by atoms with Gasteiger partial charge in [0.15, 0.2) is 0 Å². The Kier molecular flexibility index (Phi) is 6.38. The number of methoxy groups -OCH3 is 1. The third kappa shape index (κ3) is 3.75. The molecule has 0 aromatic rings. The minimum Gasteiger partial charge on any atom is -0.381 e. The minimum atomic E-state index is 0.277. The fraction of sp³-hybridized carbons (Fsp3) is 0.882. The SMILES string of the molecule is C/C=C(/C(C(C)C)C(C)OC)N1CC(C)C[C@H]1CC. The topological polar surface area (TPSA) is 12.5 Å².